The summed E-state index contributed by atoms with van der Waals surface area (Å²) in [5.41, 5.74) is 5.50. The van der Waals surface area contributed by atoms with Crippen LogP contribution in [0.2, 0.25) is 0 Å². The highest BCUT2D eigenvalue weighted by molar-refractivity contribution is 5.84. The molecule has 0 amide bonds. The Morgan fingerprint density at radius 2 is 1.77 bits per heavy atom. The van der Waals surface area contributed by atoms with E-state index in [2.05, 4.69) is 31.2 Å². The van der Waals surface area contributed by atoms with Crippen LogP contribution in [-0.2, 0) is 17.9 Å². The van der Waals surface area contributed by atoms with Gasteiger partial charge in [-0.05, 0) is 75.8 Å². The van der Waals surface area contributed by atoms with Gasteiger partial charge in [-0.25, -0.2) is 0 Å². The first kappa shape index (κ1) is 25.2. The van der Waals surface area contributed by atoms with Crippen LogP contribution in [0.25, 0.3) is 21.9 Å². The number of ether oxygens (including phenoxy) is 3. The quantitative estimate of drug-likeness (QED) is 0.344. The molecule has 6 rings (SSSR count). The fourth-order valence-corrected chi connectivity index (χ4v) is 5.53. The van der Waals surface area contributed by atoms with Gasteiger partial charge in [-0.2, -0.15) is 0 Å². The zero-order valence-electron chi connectivity index (χ0n) is 21.8. The maximum atomic E-state index is 11.5. The lowest BCUT2D eigenvalue weighted by Gasteiger charge is -2.21. The molecular weight excluding hydrogens is 494 g/mol. The highest BCUT2D eigenvalue weighted by atomic mass is 16.6. The van der Waals surface area contributed by atoms with Gasteiger partial charge in [0.1, 0.15) is 31.6 Å². The van der Waals surface area contributed by atoms with E-state index in [9.17, 15) is 15.0 Å². The summed E-state index contributed by atoms with van der Waals surface area (Å²) < 4.78 is 17.6. The molecule has 4 aromatic rings. The van der Waals surface area contributed by atoms with Crippen LogP contribution in [0.1, 0.15) is 23.1 Å². The Kier molecular flexibility index (Phi) is 6.85. The molecule has 1 saturated heterocycles. The molecule has 2 aliphatic heterocycles. The summed E-state index contributed by atoms with van der Waals surface area (Å²) in [4.78, 5) is 13.4. The molecule has 7 heteroatoms. The fourth-order valence-electron chi connectivity index (χ4n) is 5.53. The average molecular weight is 526 g/mol. The van der Waals surface area contributed by atoms with Crippen LogP contribution >= 0.6 is 0 Å². The van der Waals surface area contributed by atoms with Crippen LogP contribution < -0.4 is 14.2 Å². The topological polar surface area (TPSA) is 88.5 Å². The molecule has 2 heterocycles. The standard InChI is InChI=1S/C32H31NO6/c1-20-25(3-2-4-28(20)24-8-10-30-31(15-24)38-12-11-37-30)19-39-27-9-7-22-13-21(5-6-23(22)14-27)17-33-18-26(34)16-29(33)32(35)36/h2-10,13-15,26,29,34H,11-12,16-19H2,1H3,(H,35,36)/t26-,29-/m0/s1. The van der Waals surface area contributed by atoms with Gasteiger partial charge in [0.15, 0.2) is 11.5 Å². The minimum atomic E-state index is -0.888. The van der Waals surface area contributed by atoms with Crippen LogP contribution in [0.3, 0.4) is 0 Å². The molecule has 0 bridgehead atoms. The molecule has 39 heavy (non-hydrogen) atoms. The van der Waals surface area contributed by atoms with E-state index in [0.29, 0.717) is 32.9 Å². The third-order valence-corrected chi connectivity index (χ3v) is 7.62. The van der Waals surface area contributed by atoms with E-state index >= 15 is 0 Å². The number of carboxylic acid groups (broad SMARTS) is 1. The summed E-state index contributed by atoms with van der Waals surface area (Å²) in [6.45, 7) is 4.55. The third-order valence-electron chi connectivity index (χ3n) is 7.62. The van der Waals surface area contributed by atoms with Crippen LogP contribution in [0.15, 0.2) is 72.8 Å². The maximum Gasteiger partial charge on any atom is 0.321 e. The first-order valence-electron chi connectivity index (χ1n) is 13.2. The van der Waals surface area contributed by atoms with Crippen molar-refractivity contribution in [2.45, 2.75) is 38.6 Å². The molecule has 1 fully saturated rings. The Hall–Kier alpha value is -4.07. The van der Waals surface area contributed by atoms with Gasteiger partial charge in [-0.1, -0.05) is 42.5 Å². The first-order valence-corrected chi connectivity index (χ1v) is 13.2. The molecule has 0 saturated carbocycles. The summed E-state index contributed by atoms with van der Waals surface area (Å²) in [6, 6.07) is 23.8. The van der Waals surface area contributed by atoms with Crippen molar-refractivity contribution in [2.24, 2.45) is 0 Å². The van der Waals surface area contributed by atoms with Gasteiger partial charge in [0.2, 0.25) is 0 Å². The lowest BCUT2D eigenvalue weighted by atomic mass is 9.96. The number of hydrogen-bond donors (Lipinski definition) is 2. The Morgan fingerprint density at radius 1 is 0.974 bits per heavy atom. The summed E-state index contributed by atoms with van der Waals surface area (Å²) in [5.74, 6) is 1.46. The van der Waals surface area contributed by atoms with Crippen molar-refractivity contribution in [3.05, 3.63) is 89.5 Å². The number of aliphatic hydroxyl groups is 1. The van der Waals surface area contributed by atoms with Crippen LogP contribution in [-0.4, -0.2) is 53.0 Å². The first-order chi connectivity index (χ1) is 18.9. The second-order valence-electron chi connectivity index (χ2n) is 10.3. The molecule has 7 nitrogen and oxygen atoms in total. The molecule has 4 aromatic carbocycles. The molecule has 0 aromatic heterocycles. The van der Waals surface area contributed by atoms with E-state index in [-0.39, 0.29) is 6.42 Å². The molecule has 0 radical (unpaired) electrons. The monoisotopic (exact) mass is 525 g/mol. The van der Waals surface area contributed by atoms with E-state index < -0.39 is 18.1 Å². The predicted octanol–water partition coefficient (Wildman–Crippen LogP) is 5.19. The van der Waals surface area contributed by atoms with Crippen molar-refractivity contribution < 1.29 is 29.2 Å². The lowest BCUT2D eigenvalue weighted by molar-refractivity contribution is -0.142. The molecule has 2 N–H and O–H groups in total. The summed E-state index contributed by atoms with van der Waals surface area (Å²) >= 11 is 0. The number of benzene rings is 4. The minimum Gasteiger partial charge on any atom is -0.489 e. The fraction of sp³-hybridized carbons (Fsp3) is 0.281. The van der Waals surface area contributed by atoms with Crippen LogP contribution in [0.4, 0.5) is 0 Å². The predicted molar refractivity (Wildman–Crippen MR) is 148 cm³/mol. The highest BCUT2D eigenvalue weighted by Gasteiger charge is 2.35. The molecule has 0 spiro atoms. The van der Waals surface area contributed by atoms with E-state index in [1.807, 2.05) is 53.4 Å². The summed E-state index contributed by atoms with van der Waals surface area (Å²) in [7, 11) is 0. The molecule has 0 unspecified atom stereocenters. The number of nitrogens with zero attached hydrogens (tertiary/aromatic N) is 1. The number of likely N-dealkylation sites (tertiary alicyclic amines) is 1. The number of carboxylic acids is 1. The molecule has 200 valence electrons. The van der Waals surface area contributed by atoms with E-state index in [0.717, 1.165) is 55.8 Å². The van der Waals surface area contributed by atoms with Gasteiger partial charge in [0.25, 0.3) is 0 Å². The molecule has 2 aliphatic rings. The van der Waals surface area contributed by atoms with Gasteiger partial charge < -0.3 is 24.4 Å². The van der Waals surface area contributed by atoms with Crippen LogP contribution in [0.5, 0.6) is 17.2 Å². The number of fused-ring (bicyclic) bond motifs is 2. The summed E-state index contributed by atoms with van der Waals surface area (Å²) in [5, 5.41) is 21.5. The van der Waals surface area contributed by atoms with Crippen molar-refractivity contribution >= 4 is 16.7 Å². The molecular formula is C32H31NO6. The zero-order valence-corrected chi connectivity index (χ0v) is 21.8. The second kappa shape index (κ2) is 10.6. The Morgan fingerprint density at radius 3 is 2.62 bits per heavy atom. The van der Waals surface area contributed by atoms with E-state index in [1.54, 1.807) is 0 Å². The third kappa shape index (κ3) is 5.28. The van der Waals surface area contributed by atoms with Gasteiger partial charge in [0, 0.05) is 19.5 Å². The summed E-state index contributed by atoms with van der Waals surface area (Å²) in [6.07, 6.45) is -0.333. The largest absolute Gasteiger partial charge is 0.489 e. The highest BCUT2D eigenvalue weighted by Crippen LogP contribution is 2.36. The number of carbonyl (C=O) groups is 1. The number of hydrogen-bond acceptors (Lipinski definition) is 6. The minimum absolute atomic E-state index is 0.267. The van der Waals surface area contributed by atoms with E-state index in [1.165, 1.54) is 0 Å². The maximum absolute atomic E-state index is 11.5. The number of rotatable bonds is 7. The number of β-amino-alcohol motifs (C(OH)–C–C–N with tert-alkyl or cyclic N) is 1. The van der Waals surface area contributed by atoms with Gasteiger partial charge in [0.05, 0.1) is 6.10 Å². The van der Waals surface area contributed by atoms with Crippen molar-refractivity contribution in [2.75, 3.05) is 19.8 Å². The number of aliphatic hydroxyl groups excluding tert-OH is 1. The van der Waals surface area contributed by atoms with Crippen molar-refractivity contribution in [1.82, 2.24) is 4.90 Å². The second-order valence-corrected chi connectivity index (χ2v) is 10.3. The SMILES string of the molecule is Cc1c(COc2ccc3cc(CN4C[C@@H](O)C[C@H]4C(=O)O)ccc3c2)cccc1-c1ccc2c(c1)OCCO2. The van der Waals surface area contributed by atoms with Crippen molar-refractivity contribution in [3.8, 4) is 28.4 Å². The smallest absolute Gasteiger partial charge is 0.321 e. The molecule has 0 aliphatic carbocycles. The van der Waals surface area contributed by atoms with Crippen molar-refractivity contribution in [1.29, 1.82) is 0 Å². The lowest BCUT2D eigenvalue weighted by Crippen LogP contribution is -2.35. The Labute approximate surface area is 227 Å². The van der Waals surface area contributed by atoms with Gasteiger partial charge in [-0.3, -0.25) is 9.69 Å². The Bertz CT molecular complexity index is 1530. The van der Waals surface area contributed by atoms with Gasteiger partial charge >= 0.3 is 5.97 Å². The zero-order chi connectivity index (χ0) is 26.9. The van der Waals surface area contributed by atoms with E-state index in [4.69, 9.17) is 14.2 Å². The number of aliphatic carboxylic acids is 1. The van der Waals surface area contributed by atoms with Crippen molar-refractivity contribution in [3.63, 3.8) is 0 Å². The molecule has 2 atom stereocenters. The van der Waals surface area contributed by atoms with Crippen LogP contribution in [0, 0.1) is 6.92 Å². The average Bonchev–Trinajstić information content (AvgIpc) is 3.32. The van der Waals surface area contributed by atoms with Gasteiger partial charge in [-0.15, -0.1) is 0 Å². The normalized spacial score (nSPS) is 18.8. The Balaban J connectivity index is 1.15.